The highest BCUT2D eigenvalue weighted by molar-refractivity contribution is 14.0. The summed E-state index contributed by atoms with van der Waals surface area (Å²) in [6.07, 6.45) is 0. The van der Waals surface area contributed by atoms with E-state index in [1.54, 1.807) is 20.2 Å². The Morgan fingerprint density at radius 2 is 2.00 bits per heavy atom. The number of hydrogen-bond acceptors (Lipinski definition) is 5. The van der Waals surface area contributed by atoms with Crippen LogP contribution in [-0.4, -0.2) is 41.6 Å². The minimum Gasteiger partial charge on any atom is -0.496 e. The predicted molar refractivity (Wildman–Crippen MR) is 131 cm³/mol. The Kier molecular flexibility index (Phi) is 10.7. The molecule has 0 aliphatic rings. The summed E-state index contributed by atoms with van der Waals surface area (Å²) in [6.45, 7) is 4.61. The van der Waals surface area contributed by atoms with Crippen molar-refractivity contribution in [3.63, 3.8) is 0 Å². The lowest BCUT2D eigenvalue weighted by molar-refractivity contribution is 0.405. The van der Waals surface area contributed by atoms with E-state index >= 15 is 0 Å². The SMILES string of the molecule is CN=C(NCCNS(=O)(=O)c1ccc(Cl)s1)NC(C)c1cc(C)ccc1OC.I. The van der Waals surface area contributed by atoms with Crippen LogP contribution in [0.4, 0.5) is 0 Å². The minimum atomic E-state index is -3.56. The molecule has 2 aromatic rings. The summed E-state index contributed by atoms with van der Waals surface area (Å²) >= 11 is 6.82. The van der Waals surface area contributed by atoms with Crippen molar-refractivity contribution in [3.8, 4) is 5.75 Å². The first-order valence-electron chi connectivity index (χ1n) is 8.63. The molecule has 7 nitrogen and oxygen atoms in total. The van der Waals surface area contributed by atoms with E-state index in [2.05, 4.69) is 26.4 Å². The van der Waals surface area contributed by atoms with Crippen molar-refractivity contribution in [3.05, 3.63) is 45.8 Å². The van der Waals surface area contributed by atoms with Gasteiger partial charge in [0.25, 0.3) is 0 Å². The lowest BCUT2D eigenvalue weighted by atomic mass is 10.0. The quantitative estimate of drug-likeness (QED) is 0.195. The fraction of sp³-hybridized carbons (Fsp3) is 0.389. The van der Waals surface area contributed by atoms with Crippen LogP contribution in [0.3, 0.4) is 0 Å². The van der Waals surface area contributed by atoms with E-state index in [9.17, 15) is 8.42 Å². The average Bonchev–Trinajstić information content (AvgIpc) is 3.11. The standard InChI is InChI=1S/C18H25ClN4O3S2.HI/c1-12-5-6-15(26-4)14(11-12)13(2)23-18(20-3)21-9-10-22-28(24,25)17-8-7-16(19)27-17;/h5-8,11,13,22H,9-10H2,1-4H3,(H2,20,21,23);1H. The molecule has 1 aromatic heterocycles. The molecule has 0 radical (unpaired) electrons. The third kappa shape index (κ3) is 7.59. The van der Waals surface area contributed by atoms with E-state index in [0.717, 1.165) is 28.2 Å². The molecule has 0 spiro atoms. The molecule has 2 rings (SSSR count). The zero-order valence-electron chi connectivity index (χ0n) is 16.7. The predicted octanol–water partition coefficient (Wildman–Crippen LogP) is 3.54. The second-order valence-electron chi connectivity index (χ2n) is 6.07. The number of nitrogens with one attached hydrogen (secondary N) is 3. The molecule has 0 amide bonds. The number of thiophene rings is 1. The summed E-state index contributed by atoms with van der Waals surface area (Å²) in [4.78, 5) is 4.19. The highest BCUT2D eigenvalue weighted by atomic mass is 127. The van der Waals surface area contributed by atoms with Gasteiger partial charge in [0.15, 0.2) is 5.96 Å². The van der Waals surface area contributed by atoms with Crippen LogP contribution in [-0.2, 0) is 10.0 Å². The molecule has 162 valence electrons. The van der Waals surface area contributed by atoms with Gasteiger partial charge in [0, 0.05) is 25.7 Å². The molecule has 0 bridgehead atoms. The molecule has 1 heterocycles. The third-order valence-corrected chi connectivity index (χ3v) is 7.14. The van der Waals surface area contributed by atoms with Crippen molar-refractivity contribution in [2.24, 2.45) is 4.99 Å². The Bertz CT molecular complexity index is 935. The highest BCUT2D eigenvalue weighted by Crippen LogP contribution is 2.26. The number of ether oxygens (including phenoxy) is 1. The molecule has 1 atom stereocenters. The zero-order chi connectivity index (χ0) is 20.7. The molecular weight excluding hydrogens is 547 g/mol. The fourth-order valence-electron chi connectivity index (χ4n) is 2.55. The number of aryl methyl sites for hydroxylation is 1. The maximum absolute atomic E-state index is 12.2. The molecular formula is C18H26ClIN4O3S2. The zero-order valence-corrected chi connectivity index (χ0v) is 21.4. The summed E-state index contributed by atoms with van der Waals surface area (Å²) in [5.41, 5.74) is 2.15. The molecule has 0 saturated carbocycles. The van der Waals surface area contributed by atoms with Crippen LogP contribution in [0.2, 0.25) is 4.34 Å². The number of benzene rings is 1. The number of hydrogen-bond donors (Lipinski definition) is 3. The van der Waals surface area contributed by atoms with E-state index in [1.807, 2.05) is 26.0 Å². The van der Waals surface area contributed by atoms with Gasteiger partial charge < -0.3 is 15.4 Å². The van der Waals surface area contributed by atoms with Gasteiger partial charge in [0.05, 0.1) is 17.5 Å². The number of halogens is 2. The summed E-state index contributed by atoms with van der Waals surface area (Å²) in [5.74, 6) is 1.36. The van der Waals surface area contributed by atoms with Crippen molar-refractivity contribution < 1.29 is 13.2 Å². The molecule has 29 heavy (non-hydrogen) atoms. The number of sulfonamides is 1. The molecule has 3 N–H and O–H groups in total. The smallest absolute Gasteiger partial charge is 0.250 e. The van der Waals surface area contributed by atoms with E-state index in [0.29, 0.717) is 16.8 Å². The fourth-order valence-corrected chi connectivity index (χ4v) is 5.11. The van der Waals surface area contributed by atoms with Gasteiger partial charge in [-0.05, 0) is 32.0 Å². The monoisotopic (exact) mass is 572 g/mol. The number of aliphatic imine (C=N–C) groups is 1. The van der Waals surface area contributed by atoms with E-state index in [4.69, 9.17) is 16.3 Å². The minimum absolute atomic E-state index is 0. The van der Waals surface area contributed by atoms with Crippen LogP contribution in [0.1, 0.15) is 24.1 Å². The second-order valence-corrected chi connectivity index (χ2v) is 9.78. The van der Waals surface area contributed by atoms with Crippen LogP contribution >= 0.6 is 46.9 Å². The largest absolute Gasteiger partial charge is 0.496 e. The first-order valence-corrected chi connectivity index (χ1v) is 11.3. The topological polar surface area (TPSA) is 91.8 Å². The maximum atomic E-state index is 12.2. The van der Waals surface area contributed by atoms with Crippen molar-refractivity contribution in [1.82, 2.24) is 15.4 Å². The van der Waals surface area contributed by atoms with Gasteiger partial charge in [0.1, 0.15) is 9.96 Å². The van der Waals surface area contributed by atoms with Gasteiger partial charge in [-0.2, -0.15) is 0 Å². The third-order valence-electron chi connectivity index (χ3n) is 3.95. The van der Waals surface area contributed by atoms with Crippen molar-refractivity contribution in [2.75, 3.05) is 27.2 Å². The molecule has 0 saturated heterocycles. The summed E-state index contributed by atoms with van der Waals surface area (Å²) in [6, 6.07) is 8.99. The Hall–Kier alpha value is -1.08. The van der Waals surface area contributed by atoms with Crippen molar-refractivity contribution >= 4 is 62.9 Å². The maximum Gasteiger partial charge on any atom is 0.250 e. The Morgan fingerprint density at radius 3 is 2.59 bits per heavy atom. The summed E-state index contributed by atoms with van der Waals surface area (Å²) in [5, 5.41) is 6.38. The lowest BCUT2D eigenvalue weighted by Gasteiger charge is -2.20. The van der Waals surface area contributed by atoms with Gasteiger partial charge in [-0.3, -0.25) is 4.99 Å². The Morgan fingerprint density at radius 1 is 1.28 bits per heavy atom. The van der Waals surface area contributed by atoms with Crippen LogP contribution in [0.25, 0.3) is 0 Å². The van der Waals surface area contributed by atoms with Crippen LogP contribution < -0.4 is 20.1 Å². The lowest BCUT2D eigenvalue weighted by Crippen LogP contribution is -2.42. The van der Waals surface area contributed by atoms with Gasteiger partial charge in [-0.1, -0.05) is 29.3 Å². The number of nitrogens with zero attached hydrogens (tertiary/aromatic N) is 1. The van der Waals surface area contributed by atoms with Crippen molar-refractivity contribution in [1.29, 1.82) is 0 Å². The van der Waals surface area contributed by atoms with Gasteiger partial charge in [-0.15, -0.1) is 35.3 Å². The van der Waals surface area contributed by atoms with E-state index in [1.165, 1.54) is 6.07 Å². The number of methoxy groups -OCH3 is 1. The van der Waals surface area contributed by atoms with Crippen molar-refractivity contribution in [2.45, 2.75) is 24.1 Å². The molecule has 0 fully saturated rings. The Labute approximate surface area is 198 Å². The Balaban J connectivity index is 0.00000420. The number of guanidine groups is 1. The van der Waals surface area contributed by atoms with E-state index in [-0.39, 0.29) is 40.8 Å². The summed E-state index contributed by atoms with van der Waals surface area (Å²) in [7, 11) is -0.257. The van der Waals surface area contributed by atoms with Gasteiger partial charge in [0.2, 0.25) is 10.0 Å². The summed E-state index contributed by atoms with van der Waals surface area (Å²) < 4.78 is 33.0. The van der Waals surface area contributed by atoms with Gasteiger partial charge in [-0.25, -0.2) is 13.1 Å². The normalized spacial score (nSPS) is 12.8. The molecule has 1 unspecified atom stereocenters. The first-order chi connectivity index (χ1) is 13.3. The second kappa shape index (κ2) is 11.9. The molecule has 11 heteroatoms. The van der Waals surface area contributed by atoms with Gasteiger partial charge >= 0.3 is 0 Å². The molecule has 0 aliphatic heterocycles. The van der Waals surface area contributed by atoms with E-state index < -0.39 is 10.0 Å². The van der Waals surface area contributed by atoms with Crippen LogP contribution in [0.15, 0.2) is 39.5 Å². The highest BCUT2D eigenvalue weighted by Gasteiger charge is 2.16. The van der Waals surface area contributed by atoms with Crippen LogP contribution in [0.5, 0.6) is 5.75 Å². The first kappa shape index (κ1) is 26.0. The number of rotatable bonds is 8. The molecule has 1 aromatic carbocycles. The molecule has 0 aliphatic carbocycles. The van der Waals surface area contributed by atoms with Crippen LogP contribution in [0, 0.1) is 6.92 Å². The average molecular weight is 573 g/mol.